The molecule has 1 N–H and O–H groups in total. The SMILES string of the molecule is CC(C)c1nc2cc3c(cc2n1C)CN(CC1CCNCC1)C3. The van der Waals surface area contributed by atoms with Crippen molar-refractivity contribution >= 4 is 11.0 Å². The average Bonchev–Trinajstić information content (AvgIpc) is 3.06. The maximum Gasteiger partial charge on any atom is 0.112 e. The summed E-state index contributed by atoms with van der Waals surface area (Å²) in [5.74, 6) is 2.53. The van der Waals surface area contributed by atoms with Crippen LogP contribution in [0.4, 0.5) is 0 Å². The Morgan fingerprint density at radius 2 is 1.87 bits per heavy atom. The van der Waals surface area contributed by atoms with E-state index in [1.807, 2.05) is 0 Å². The maximum absolute atomic E-state index is 4.87. The number of fused-ring (bicyclic) bond motifs is 2. The van der Waals surface area contributed by atoms with Crippen molar-refractivity contribution in [2.75, 3.05) is 19.6 Å². The second-order valence-electron chi connectivity index (χ2n) is 7.66. The molecule has 0 atom stereocenters. The molecule has 0 spiro atoms. The van der Waals surface area contributed by atoms with Crippen LogP contribution in [0.2, 0.25) is 0 Å². The monoisotopic (exact) mass is 312 g/mol. The van der Waals surface area contributed by atoms with E-state index in [1.54, 1.807) is 0 Å². The van der Waals surface area contributed by atoms with Crippen LogP contribution in [0.5, 0.6) is 0 Å². The van der Waals surface area contributed by atoms with Gasteiger partial charge in [-0.05, 0) is 55.1 Å². The van der Waals surface area contributed by atoms with Crippen LogP contribution in [0, 0.1) is 5.92 Å². The first-order chi connectivity index (χ1) is 11.1. The molecule has 124 valence electrons. The standard InChI is InChI=1S/C19H28N4/c1-13(2)19-21-17-8-15-11-23(10-14-4-6-20-7-5-14)12-16(15)9-18(17)22(19)3/h8-9,13-14,20H,4-7,10-12H2,1-3H3. The number of imidazole rings is 1. The number of hydrogen-bond donors (Lipinski definition) is 1. The van der Waals surface area contributed by atoms with Crippen LogP contribution in [-0.2, 0) is 20.1 Å². The van der Waals surface area contributed by atoms with E-state index >= 15 is 0 Å². The van der Waals surface area contributed by atoms with Gasteiger partial charge in [0, 0.05) is 32.6 Å². The fourth-order valence-corrected chi connectivity index (χ4v) is 4.25. The molecule has 1 saturated heterocycles. The molecule has 0 unspecified atom stereocenters. The van der Waals surface area contributed by atoms with Gasteiger partial charge in [-0.15, -0.1) is 0 Å². The van der Waals surface area contributed by atoms with Gasteiger partial charge in [0.25, 0.3) is 0 Å². The maximum atomic E-state index is 4.87. The van der Waals surface area contributed by atoms with Crippen LogP contribution in [0.25, 0.3) is 11.0 Å². The van der Waals surface area contributed by atoms with Crippen molar-refractivity contribution in [1.29, 1.82) is 0 Å². The Kier molecular flexibility index (Phi) is 3.90. The highest BCUT2D eigenvalue weighted by molar-refractivity contribution is 5.78. The number of aromatic nitrogens is 2. The zero-order valence-electron chi connectivity index (χ0n) is 14.6. The quantitative estimate of drug-likeness (QED) is 0.946. The Hall–Kier alpha value is -1.39. The van der Waals surface area contributed by atoms with Crippen molar-refractivity contribution in [3.8, 4) is 0 Å². The van der Waals surface area contributed by atoms with E-state index in [-0.39, 0.29) is 0 Å². The van der Waals surface area contributed by atoms with Gasteiger partial charge < -0.3 is 9.88 Å². The van der Waals surface area contributed by atoms with Crippen LogP contribution >= 0.6 is 0 Å². The molecular formula is C19H28N4. The number of aryl methyl sites for hydroxylation is 1. The number of hydrogen-bond acceptors (Lipinski definition) is 3. The Morgan fingerprint density at radius 1 is 1.17 bits per heavy atom. The molecule has 2 aromatic rings. The first-order valence-corrected chi connectivity index (χ1v) is 9.03. The highest BCUT2D eigenvalue weighted by atomic mass is 15.1. The molecule has 0 amide bonds. The van der Waals surface area contributed by atoms with Crippen LogP contribution in [-0.4, -0.2) is 34.1 Å². The van der Waals surface area contributed by atoms with Gasteiger partial charge in [-0.2, -0.15) is 0 Å². The molecule has 0 bridgehead atoms. The second kappa shape index (κ2) is 5.91. The third-order valence-electron chi connectivity index (χ3n) is 5.52. The molecule has 0 radical (unpaired) electrons. The number of piperidine rings is 1. The van der Waals surface area contributed by atoms with Gasteiger partial charge in [0.1, 0.15) is 5.82 Å². The summed E-state index contributed by atoms with van der Waals surface area (Å²) in [6, 6.07) is 4.71. The summed E-state index contributed by atoms with van der Waals surface area (Å²) >= 11 is 0. The molecule has 4 rings (SSSR count). The highest BCUT2D eigenvalue weighted by Gasteiger charge is 2.24. The lowest BCUT2D eigenvalue weighted by molar-refractivity contribution is 0.208. The predicted octanol–water partition coefficient (Wildman–Crippen LogP) is 3.01. The van der Waals surface area contributed by atoms with Gasteiger partial charge in [0.15, 0.2) is 0 Å². The molecule has 1 aromatic heterocycles. The molecule has 4 heteroatoms. The molecular weight excluding hydrogens is 284 g/mol. The molecule has 0 saturated carbocycles. The molecule has 0 aliphatic carbocycles. The molecule has 2 aliphatic heterocycles. The highest BCUT2D eigenvalue weighted by Crippen LogP contribution is 2.30. The van der Waals surface area contributed by atoms with Crippen molar-refractivity contribution in [1.82, 2.24) is 19.8 Å². The predicted molar refractivity (Wildman–Crippen MR) is 94.5 cm³/mol. The Bertz CT molecular complexity index is 710. The van der Waals surface area contributed by atoms with Crippen molar-refractivity contribution in [3.05, 3.63) is 29.1 Å². The van der Waals surface area contributed by atoms with Gasteiger partial charge in [0.05, 0.1) is 11.0 Å². The third kappa shape index (κ3) is 2.79. The van der Waals surface area contributed by atoms with Crippen molar-refractivity contribution in [3.63, 3.8) is 0 Å². The smallest absolute Gasteiger partial charge is 0.112 e. The Balaban J connectivity index is 1.55. The van der Waals surface area contributed by atoms with Crippen molar-refractivity contribution < 1.29 is 0 Å². The summed E-state index contributed by atoms with van der Waals surface area (Å²) < 4.78 is 2.27. The number of nitrogens with zero attached hydrogens (tertiary/aromatic N) is 3. The van der Waals surface area contributed by atoms with Crippen LogP contribution in [0.3, 0.4) is 0 Å². The van der Waals surface area contributed by atoms with Crippen LogP contribution in [0.1, 0.15) is 49.6 Å². The second-order valence-corrected chi connectivity index (χ2v) is 7.66. The summed E-state index contributed by atoms with van der Waals surface area (Å²) in [6.45, 7) is 10.3. The lowest BCUT2D eigenvalue weighted by atomic mass is 9.98. The lowest BCUT2D eigenvalue weighted by Gasteiger charge is -2.27. The minimum absolute atomic E-state index is 0.471. The summed E-state index contributed by atoms with van der Waals surface area (Å²) in [5, 5.41) is 3.47. The summed E-state index contributed by atoms with van der Waals surface area (Å²) in [6.07, 6.45) is 2.66. The van der Waals surface area contributed by atoms with E-state index in [4.69, 9.17) is 4.98 Å². The lowest BCUT2D eigenvalue weighted by Crippen LogP contribution is -2.34. The molecule has 2 aliphatic rings. The fraction of sp³-hybridized carbons (Fsp3) is 0.632. The van der Waals surface area contributed by atoms with Crippen molar-refractivity contribution in [2.24, 2.45) is 13.0 Å². The van der Waals surface area contributed by atoms with E-state index in [9.17, 15) is 0 Å². The normalized spacial score (nSPS) is 19.8. The first-order valence-electron chi connectivity index (χ1n) is 9.03. The minimum atomic E-state index is 0.471. The summed E-state index contributed by atoms with van der Waals surface area (Å²) in [5.41, 5.74) is 5.44. The van der Waals surface area contributed by atoms with Gasteiger partial charge in [-0.3, -0.25) is 4.90 Å². The topological polar surface area (TPSA) is 33.1 Å². The average molecular weight is 312 g/mol. The Morgan fingerprint density at radius 3 is 2.57 bits per heavy atom. The number of nitrogens with one attached hydrogen (secondary N) is 1. The summed E-state index contributed by atoms with van der Waals surface area (Å²) in [4.78, 5) is 7.49. The molecule has 3 heterocycles. The van der Waals surface area contributed by atoms with E-state index in [2.05, 4.69) is 47.8 Å². The minimum Gasteiger partial charge on any atom is -0.331 e. The summed E-state index contributed by atoms with van der Waals surface area (Å²) in [7, 11) is 2.15. The van der Waals surface area contributed by atoms with Gasteiger partial charge in [-0.1, -0.05) is 13.8 Å². The third-order valence-corrected chi connectivity index (χ3v) is 5.52. The zero-order valence-corrected chi connectivity index (χ0v) is 14.6. The fourth-order valence-electron chi connectivity index (χ4n) is 4.25. The van der Waals surface area contributed by atoms with Crippen molar-refractivity contribution in [2.45, 2.75) is 45.7 Å². The molecule has 4 nitrogen and oxygen atoms in total. The largest absolute Gasteiger partial charge is 0.331 e. The number of rotatable bonds is 3. The van der Waals surface area contributed by atoms with Gasteiger partial charge in [0.2, 0.25) is 0 Å². The molecule has 1 fully saturated rings. The van der Waals surface area contributed by atoms with Gasteiger partial charge in [-0.25, -0.2) is 4.98 Å². The van der Waals surface area contributed by atoms with E-state index in [0.29, 0.717) is 5.92 Å². The number of benzene rings is 1. The van der Waals surface area contributed by atoms with E-state index in [1.165, 1.54) is 60.5 Å². The van der Waals surface area contributed by atoms with E-state index in [0.717, 1.165) is 19.0 Å². The Labute approximate surface area is 138 Å². The zero-order chi connectivity index (χ0) is 16.0. The molecule has 1 aromatic carbocycles. The van der Waals surface area contributed by atoms with Gasteiger partial charge >= 0.3 is 0 Å². The van der Waals surface area contributed by atoms with Crippen LogP contribution in [0.15, 0.2) is 12.1 Å². The first kappa shape index (κ1) is 15.2. The molecule has 23 heavy (non-hydrogen) atoms. The van der Waals surface area contributed by atoms with E-state index < -0.39 is 0 Å². The van der Waals surface area contributed by atoms with Crippen LogP contribution < -0.4 is 5.32 Å².